The van der Waals surface area contributed by atoms with E-state index in [1.165, 1.54) is 6.07 Å². The van der Waals surface area contributed by atoms with Crippen LogP contribution in [0.3, 0.4) is 0 Å². The van der Waals surface area contributed by atoms with Crippen LogP contribution in [-0.4, -0.2) is 34.1 Å². The molecule has 0 saturated heterocycles. The molecule has 0 radical (unpaired) electrons. The van der Waals surface area contributed by atoms with Gasteiger partial charge in [0.2, 0.25) is 0 Å². The summed E-state index contributed by atoms with van der Waals surface area (Å²) in [6.07, 6.45) is 0. The molecule has 98 valence electrons. The van der Waals surface area contributed by atoms with Crippen LogP contribution in [0, 0.1) is 10.6 Å². The van der Waals surface area contributed by atoms with Gasteiger partial charge >= 0.3 is 0 Å². The Morgan fingerprint density at radius 3 is 2.83 bits per heavy atom. The molecule has 2 rings (SSSR count). The number of hydrogen-bond acceptors (Lipinski definition) is 2. The van der Waals surface area contributed by atoms with Gasteiger partial charge in [0, 0.05) is 19.1 Å². The number of imidazole rings is 1. The maximum atomic E-state index is 13.8. The number of fused-ring (bicyclic) bond motifs is 1. The molecule has 0 amide bonds. The Hall–Kier alpha value is -1.20. The minimum atomic E-state index is -0.230. The van der Waals surface area contributed by atoms with Crippen molar-refractivity contribution in [1.29, 1.82) is 0 Å². The zero-order valence-corrected chi connectivity index (χ0v) is 11.7. The third-order valence-corrected chi connectivity index (χ3v) is 3.62. The molecule has 1 N–H and O–H groups in total. The van der Waals surface area contributed by atoms with Crippen LogP contribution in [0.25, 0.3) is 11.0 Å². The highest BCUT2D eigenvalue weighted by molar-refractivity contribution is 7.71. The van der Waals surface area contributed by atoms with Crippen molar-refractivity contribution < 1.29 is 4.39 Å². The summed E-state index contributed by atoms with van der Waals surface area (Å²) < 4.78 is 16.3. The molecular formula is C13H18FN3S. The Kier molecular flexibility index (Phi) is 3.82. The molecule has 1 aromatic heterocycles. The first kappa shape index (κ1) is 13.2. The van der Waals surface area contributed by atoms with Gasteiger partial charge in [0.25, 0.3) is 0 Å². The smallest absolute Gasteiger partial charge is 0.178 e. The van der Waals surface area contributed by atoms with E-state index in [2.05, 4.69) is 30.8 Å². The number of nitrogens with zero attached hydrogens (tertiary/aromatic N) is 2. The van der Waals surface area contributed by atoms with E-state index in [0.29, 0.717) is 22.9 Å². The summed E-state index contributed by atoms with van der Waals surface area (Å²) >= 11 is 5.25. The van der Waals surface area contributed by atoms with Crippen molar-refractivity contribution in [3.8, 4) is 0 Å². The highest BCUT2D eigenvalue weighted by Crippen LogP contribution is 2.17. The first-order valence-electron chi connectivity index (χ1n) is 6.08. The van der Waals surface area contributed by atoms with Gasteiger partial charge in [-0.3, -0.25) is 0 Å². The van der Waals surface area contributed by atoms with E-state index in [4.69, 9.17) is 12.2 Å². The second-order valence-corrected chi connectivity index (χ2v) is 5.18. The number of H-pyrrole nitrogens is 1. The molecular weight excluding hydrogens is 249 g/mol. The molecule has 2 aromatic rings. The predicted molar refractivity (Wildman–Crippen MR) is 74.8 cm³/mol. The molecule has 3 nitrogen and oxygen atoms in total. The Bertz CT molecular complexity index is 600. The molecule has 18 heavy (non-hydrogen) atoms. The van der Waals surface area contributed by atoms with Crippen molar-refractivity contribution in [3.05, 3.63) is 28.8 Å². The van der Waals surface area contributed by atoms with Crippen molar-refractivity contribution in [1.82, 2.24) is 14.5 Å². The van der Waals surface area contributed by atoms with Crippen LogP contribution in [0.1, 0.15) is 13.8 Å². The molecule has 0 aliphatic heterocycles. The minimum absolute atomic E-state index is 0.230. The topological polar surface area (TPSA) is 24.0 Å². The van der Waals surface area contributed by atoms with E-state index in [1.54, 1.807) is 6.07 Å². The maximum Gasteiger partial charge on any atom is 0.178 e. The predicted octanol–water partition coefficient (Wildman–Crippen LogP) is 3.18. The number of likely N-dealkylation sites (N-methyl/N-ethyl adjacent to an activating group) is 1. The highest BCUT2D eigenvalue weighted by Gasteiger charge is 2.10. The summed E-state index contributed by atoms with van der Waals surface area (Å²) in [6.45, 7) is 5.80. The number of aromatic nitrogens is 2. The Morgan fingerprint density at radius 2 is 2.17 bits per heavy atom. The van der Waals surface area contributed by atoms with Crippen LogP contribution < -0.4 is 0 Å². The van der Waals surface area contributed by atoms with Crippen LogP contribution >= 0.6 is 12.2 Å². The molecule has 0 bridgehead atoms. The molecule has 0 atom stereocenters. The van der Waals surface area contributed by atoms with E-state index >= 15 is 0 Å². The van der Waals surface area contributed by atoms with Crippen molar-refractivity contribution in [2.75, 3.05) is 13.6 Å². The lowest BCUT2D eigenvalue weighted by Crippen LogP contribution is -2.29. The summed E-state index contributed by atoms with van der Waals surface area (Å²) in [6, 6.07) is 5.46. The Morgan fingerprint density at radius 1 is 1.44 bits per heavy atom. The van der Waals surface area contributed by atoms with Crippen molar-refractivity contribution >= 4 is 23.3 Å². The SMILES string of the molecule is CC(C)N(C)CCn1c(=S)[nH]c2cccc(F)c21. The fraction of sp³-hybridized carbons (Fsp3) is 0.462. The maximum absolute atomic E-state index is 13.8. The second kappa shape index (κ2) is 5.20. The van der Waals surface area contributed by atoms with Gasteiger partial charge in [-0.1, -0.05) is 6.07 Å². The fourth-order valence-corrected chi connectivity index (χ4v) is 2.20. The quantitative estimate of drug-likeness (QED) is 0.860. The molecule has 0 fully saturated rings. The largest absolute Gasteiger partial charge is 0.330 e. The summed E-state index contributed by atoms with van der Waals surface area (Å²) in [7, 11) is 2.06. The molecule has 5 heteroatoms. The zero-order chi connectivity index (χ0) is 13.3. The van der Waals surface area contributed by atoms with Crippen LogP contribution in [0.15, 0.2) is 18.2 Å². The number of nitrogens with one attached hydrogen (secondary N) is 1. The van der Waals surface area contributed by atoms with E-state index in [-0.39, 0.29) is 5.82 Å². The molecule has 0 unspecified atom stereocenters. The Balaban J connectivity index is 2.33. The van der Waals surface area contributed by atoms with Gasteiger partial charge in [0.05, 0.1) is 5.52 Å². The summed E-state index contributed by atoms with van der Waals surface area (Å²) in [5.41, 5.74) is 1.33. The summed E-state index contributed by atoms with van der Waals surface area (Å²) in [5.74, 6) is -0.230. The summed E-state index contributed by atoms with van der Waals surface area (Å²) in [4.78, 5) is 5.25. The van der Waals surface area contributed by atoms with Gasteiger partial charge in [-0.2, -0.15) is 0 Å². The number of benzene rings is 1. The van der Waals surface area contributed by atoms with E-state index in [0.717, 1.165) is 12.1 Å². The van der Waals surface area contributed by atoms with Gasteiger partial charge in [-0.05, 0) is 45.2 Å². The molecule has 1 aromatic carbocycles. The van der Waals surface area contributed by atoms with Crippen molar-refractivity contribution in [2.24, 2.45) is 0 Å². The van der Waals surface area contributed by atoms with Gasteiger partial charge in [-0.15, -0.1) is 0 Å². The lowest BCUT2D eigenvalue weighted by atomic mass is 10.3. The van der Waals surface area contributed by atoms with E-state index in [9.17, 15) is 4.39 Å². The molecule has 0 saturated carbocycles. The van der Waals surface area contributed by atoms with Crippen LogP contribution in [0.4, 0.5) is 4.39 Å². The van der Waals surface area contributed by atoms with E-state index < -0.39 is 0 Å². The molecule has 1 heterocycles. The molecule has 0 spiro atoms. The minimum Gasteiger partial charge on any atom is -0.330 e. The summed E-state index contributed by atoms with van der Waals surface area (Å²) in [5, 5.41) is 0. The monoisotopic (exact) mass is 267 g/mol. The number of hydrogen-bond donors (Lipinski definition) is 1. The average Bonchev–Trinajstić information content (AvgIpc) is 2.63. The van der Waals surface area contributed by atoms with Gasteiger partial charge in [-0.25, -0.2) is 4.39 Å². The third kappa shape index (κ3) is 2.47. The normalized spacial score (nSPS) is 11.9. The molecule has 0 aliphatic rings. The zero-order valence-electron chi connectivity index (χ0n) is 10.9. The van der Waals surface area contributed by atoms with Gasteiger partial charge in [0.1, 0.15) is 11.3 Å². The fourth-order valence-electron chi connectivity index (χ4n) is 1.90. The number of para-hydroxylation sites is 1. The third-order valence-electron chi connectivity index (χ3n) is 3.30. The lowest BCUT2D eigenvalue weighted by Gasteiger charge is -2.21. The van der Waals surface area contributed by atoms with Crippen LogP contribution in [-0.2, 0) is 6.54 Å². The molecule has 0 aliphatic carbocycles. The number of rotatable bonds is 4. The van der Waals surface area contributed by atoms with Crippen molar-refractivity contribution in [3.63, 3.8) is 0 Å². The second-order valence-electron chi connectivity index (χ2n) is 4.79. The number of halogens is 1. The van der Waals surface area contributed by atoms with Gasteiger partial charge < -0.3 is 14.5 Å². The standard InChI is InChI=1S/C13H18FN3S/c1-9(2)16(3)7-8-17-12-10(14)5-4-6-11(12)15-13(17)18/h4-6,9H,7-8H2,1-3H3,(H,15,18). The van der Waals surface area contributed by atoms with E-state index in [1.807, 2.05) is 10.6 Å². The van der Waals surface area contributed by atoms with Crippen LogP contribution in [0.5, 0.6) is 0 Å². The van der Waals surface area contributed by atoms with Gasteiger partial charge in [0.15, 0.2) is 4.77 Å². The number of aromatic amines is 1. The lowest BCUT2D eigenvalue weighted by molar-refractivity contribution is 0.263. The van der Waals surface area contributed by atoms with Crippen LogP contribution in [0.2, 0.25) is 0 Å². The highest BCUT2D eigenvalue weighted by atomic mass is 32.1. The van der Waals surface area contributed by atoms with Crippen molar-refractivity contribution in [2.45, 2.75) is 26.4 Å². The first-order valence-corrected chi connectivity index (χ1v) is 6.49. The Labute approximate surface area is 111 Å². The average molecular weight is 267 g/mol. The first-order chi connectivity index (χ1) is 8.50.